The monoisotopic (exact) mass is 481 g/mol. The van der Waals surface area contributed by atoms with Crippen LogP contribution >= 0.6 is 34.4 Å². The summed E-state index contributed by atoms with van der Waals surface area (Å²) in [4.78, 5) is 31.2. The molecule has 0 atom stereocenters. The number of amides is 1. The highest BCUT2D eigenvalue weighted by molar-refractivity contribution is 7.99. The van der Waals surface area contributed by atoms with E-state index in [0.29, 0.717) is 15.4 Å². The van der Waals surface area contributed by atoms with Gasteiger partial charge in [-0.2, -0.15) is 13.2 Å². The highest BCUT2D eigenvalue weighted by Crippen LogP contribution is 2.36. The average molecular weight is 482 g/mol. The molecule has 0 aliphatic carbocycles. The van der Waals surface area contributed by atoms with E-state index in [1.807, 2.05) is 22.9 Å². The number of hydrogen-bond acceptors (Lipinski definition) is 6. The van der Waals surface area contributed by atoms with Gasteiger partial charge >= 0.3 is 6.18 Å². The molecule has 0 aliphatic rings. The number of thiophene rings is 2. The van der Waals surface area contributed by atoms with Gasteiger partial charge in [0.15, 0.2) is 5.16 Å². The maximum atomic E-state index is 13.1. The van der Waals surface area contributed by atoms with E-state index in [4.69, 9.17) is 0 Å². The number of aromatic nitrogens is 2. The predicted molar refractivity (Wildman–Crippen MR) is 119 cm³/mol. The van der Waals surface area contributed by atoms with Crippen molar-refractivity contribution in [1.82, 2.24) is 9.55 Å². The van der Waals surface area contributed by atoms with Crippen LogP contribution in [-0.2, 0) is 18.0 Å². The van der Waals surface area contributed by atoms with Gasteiger partial charge in [-0.1, -0.05) is 30.0 Å². The molecule has 1 N–H and O–H groups in total. The van der Waals surface area contributed by atoms with Crippen LogP contribution in [-0.4, -0.2) is 21.2 Å². The first-order valence-electron chi connectivity index (χ1n) is 8.86. The van der Waals surface area contributed by atoms with Crippen molar-refractivity contribution in [2.75, 3.05) is 11.1 Å². The molecule has 4 aromatic rings. The minimum Gasteiger partial charge on any atom is -0.325 e. The van der Waals surface area contributed by atoms with E-state index in [0.717, 1.165) is 28.3 Å². The van der Waals surface area contributed by atoms with Crippen molar-refractivity contribution in [3.63, 3.8) is 0 Å². The number of rotatable bonds is 5. The van der Waals surface area contributed by atoms with Gasteiger partial charge in [0.05, 0.1) is 22.4 Å². The van der Waals surface area contributed by atoms with Crippen molar-refractivity contribution in [2.45, 2.75) is 11.3 Å². The summed E-state index contributed by atoms with van der Waals surface area (Å²) >= 11 is 3.85. The lowest BCUT2D eigenvalue weighted by Crippen LogP contribution is -2.22. The normalized spacial score (nSPS) is 11.7. The Hall–Kier alpha value is -2.63. The molecular weight excluding hydrogens is 467 g/mol. The molecule has 1 aromatic carbocycles. The summed E-state index contributed by atoms with van der Waals surface area (Å²) < 4.78 is 40.6. The molecule has 5 nitrogen and oxygen atoms in total. The molecule has 0 saturated carbocycles. The first-order chi connectivity index (χ1) is 14.8. The van der Waals surface area contributed by atoms with Crippen LogP contribution in [0.5, 0.6) is 0 Å². The molecule has 11 heteroatoms. The standard InChI is InChI=1S/C20H14F3N3O2S3/c1-26-18(28)16-11(14-7-4-8-29-14)9-30-17(16)25-19(26)31-10-15(27)24-13-6-3-2-5-12(13)20(21,22)23/h2-9H,10H2,1H3,(H,24,27). The summed E-state index contributed by atoms with van der Waals surface area (Å²) in [5.74, 6) is -0.817. The Balaban J connectivity index is 1.55. The van der Waals surface area contributed by atoms with Gasteiger partial charge in [-0.25, -0.2) is 4.98 Å². The van der Waals surface area contributed by atoms with Crippen molar-refractivity contribution < 1.29 is 18.0 Å². The van der Waals surface area contributed by atoms with Crippen LogP contribution in [0.15, 0.2) is 57.1 Å². The Morgan fingerprint density at radius 3 is 2.68 bits per heavy atom. The number of nitrogens with one attached hydrogen (secondary N) is 1. The quantitative estimate of drug-likeness (QED) is 0.303. The molecule has 0 fully saturated rings. The van der Waals surface area contributed by atoms with Crippen LogP contribution in [0.4, 0.5) is 18.9 Å². The first kappa shape index (κ1) is 21.6. The highest BCUT2D eigenvalue weighted by atomic mass is 32.2. The second-order valence-corrected chi connectivity index (χ2v) is 9.19. The van der Waals surface area contributed by atoms with E-state index in [2.05, 4.69) is 10.3 Å². The number of benzene rings is 1. The number of alkyl halides is 3. The molecule has 0 unspecified atom stereocenters. The van der Waals surface area contributed by atoms with Crippen molar-refractivity contribution in [2.24, 2.45) is 7.05 Å². The average Bonchev–Trinajstić information content (AvgIpc) is 3.39. The smallest absolute Gasteiger partial charge is 0.325 e. The molecule has 4 rings (SSSR count). The van der Waals surface area contributed by atoms with E-state index < -0.39 is 17.6 Å². The second kappa shape index (κ2) is 8.48. The highest BCUT2D eigenvalue weighted by Gasteiger charge is 2.33. The molecule has 0 bridgehead atoms. The Morgan fingerprint density at radius 1 is 1.19 bits per heavy atom. The van der Waals surface area contributed by atoms with Crippen LogP contribution < -0.4 is 10.9 Å². The zero-order chi connectivity index (χ0) is 22.2. The van der Waals surface area contributed by atoms with Crippen LogP contribution in [0, 0.1) is 0 Å². The number of fused-ring (bicyclic) bond motifs is 1. The summed E-state index contributed by atoms with van der Waals surface area (Å²) in [7, 11) is 1.56. The van der Waals surface area contributed by atoms with Gasteiger partial charge in [-0.15, -0.1) is 22.7 Å². The zero-order valence-corrected chi connectivity index (χ0v) is 18.3. The van der Waals surface area contributed by atoms with Crippen molar-refractivity contribution in [3.8, 4) is 10.4 Å². The van der Waals surface area contributed by atoms with Gasteiger partial charge in [0.25, 0.3) is 5.56 Å². The van der Waals surface area contributed by atoms with Gasteiger partial charge in [-0.05, 0) is 23.6 Å². The van der Waals surface area contributed by atoms with Crippen LogP contribution in [0.2, 0.25) is 0 Å². The Bertz CT molecular complexity index is 1310. The molecule has 3 aromatic heterocycles. The number of halogens is 3. The molecule has 3 heterocycles. The topological polar surface area (TPSA) is 64.0 Å². The lowest BCUT2D eigenvalue weighted by atomic mass is 10.1. The molecule has 0 spiro atoms. The van der Waals surface area contributed by atoms with Gasteiger partial charge < -0.3 is 5.32 Å². The molecule has 0 radical (unpaired) electrons. The third-order valence-electron chi connectivity index (χ3n) is 4.40. The van der Waals surface area contributed by atoms with Gasteiger partial charge in [0, 0.05) is 22.9 Å². The Morgan fingerprint density at radius 2 is 1.97 bits per heavy atom. The van der Waals surface area contributed by atoms with Gasteiger partial charge in [-0.3, -0.25) is 14.2 Å². The van der Waals surface area contributed by atoms with E-state index >= 15 is 0 Å². The molecule has 1 amide bonds. The Kier molecular flexibility index (Phi) is 5.91. The van der Waals surface area contributed by atoms with E-state index in [1.54, 1.807) is 7.05 Å². The summed E-state index contributed by atoms with van der Waals surface area (Å²) in [6.07, 6.45) is -4.58. The third-order valence-corrected chi connectivity index (χ3v) is 7.21. The minimum absolute atomic E-state index is 0.193. The van der Waals surface area contributed by atoms with Crippen LogP contribution in [0.25, 0.3) is 20.7 Å². The number of para-hydroxylation sites is 1. The lowest BCUT2D eigenvalue weighted by Gasteiger charge is -2.13. The molecule has 160 valence electrons. The third kappa shape index (κ3) is 4.39. The van der Waals surface area contributed by atoms with Crippen LogP contribution in [0.3, 0.4) is 0 Å². The number of hydrogen-bond donors (Lipinski definition) is 1. The van der Waals surface area contributed by atoms with Gasteiger partial charge in [0.2, 0.25) is 5.91 Å². The zero-order valence-electron chi connectivity index (χ0n) is 15.9. The van der Waals surface area contributed by atoms with E-state index in [1.165, 1.54) is 45.4 Å². The van der Waals surface area contributed by atoms with Gasteiger partial charge in [0.1, 0.15) is 4.83 Å². The van der Waals surface area contributed by atoms with Crippen molar-refractivity contribution >= 4 is 56.2 Å². The maximum absolute atomic E-state index is 13.1. The van der Waals surface area contributed by atoms with E-state index in [9.17, 15) is 22.8 Å². The summed E-state index contributed by atoms with van der Waals surface area (Å²) in [6.45, 7) is 0. The maximum Gasteiger partial charge on any atom is 0.418 e. The van der Waals surface area contributed by atoms with E-state index in [-0.39, 0.29) is 17.0 Å². The van der Waals surface area contributed by atoms with Crippen molar-refractivity contribution in [1.29, 1.82) is 0 Å². The molecule has 31 heavy (non-hydrogen) atoms. The first-order valence-corrected chi connectivity index (χ1v) is 11.6. The fraction of sp³-hybridized carbons (Fsp3) is 0.150. The largest absolute Gasteiger partial charge is 0.418 e. The number of carbonyl (C=O) groups is 1. The fourth-order valence-electron chi connectivity index (χ4n) is 2.95. The fourth-order valence-corrected chi connectivity index (χ4v) is 5.53. The summed E-state index contributed by atoms with van der Waals surface area (Å²) in [5, 5.41) is 6.93. The predicted octanol–water partition coefficient (Wildman–Crippen LogP) is 5.47. The SMILES string of the molecule is Cn1c(SCC(=O)Nc2ccccc2C(F)(F)F)nc2scc(-c3cccs3)c2c1=O. The number of thioether (sulfide) groups is 1. The number of nitrogens with zero attached hydrogens (tertiary/aromatic N) is 2. The minimum atomic E-state index is -4.58. The Labute approximate surface area is 186 Å². The number of carbonyl (C=O) groups excluding carboxylic acids is 1. The van der Waals surface area contributed by atoms with Crippen LogP contribution in [0.1, 0.15) is 5.56 Å². The molecule has 0 aliphatic heterocycles. The molecular formula is C20H14F3N3O2S3. The lowest BCUT2D eigenvalue weighted by molar-refractivity contribution is -0.137. The summed E-state index contributed by atoms with van der Waals surface area (Å²) in [6, 6.07) is 8.61. The van der Waals surface area contributed by atoms with Crippen molar-refractivity contribution in [3.05, 3.63) is 63.1 Å². The molecule has 0 saturated heterocycles. The summed E-state index contributed by atoms with van der Waals surface area (Å²) in [5.41, 5.74) is -0.641. The number of anilines is 1. The second-order valence-electron chi connectivity index (χ2n) is 6.45.